The number of carboxylic acids is 3. The third-order valence-electron chi connectivity index (χ3n) is 8.23. The van der Waals surface area contributed by atoms with Crippen molar-refractivity contribution in [3.8, 4) is 17.2 Å². The summed E-state index contributed by atoms with van der Waals surface area (Å²) in [5.74, 6) is -6.40. The predicted octanol–water partition coefficient (Wildman–Crippen LogP) is -4.72. The number of hydrogen-bond donors (Lipinski definition) is 6. The number of carboxylic acid groups (broad SMARTS) is 3. The van der Waals surface area contributed by atoms with Crippen LogP contribution in [0.25, 0.3) is 6.08 Å². The molecular formula is C33H31N2O15-. The van der Waals surface area contributed by atoms with Gasteiger partial charge in [-0.2, -0.15) is 4.58 Å². The molecule has 0 spiro atoms. The first-order valence-corrected chi connectivity index (χ1v) is 15.1. The number of nitrogens with two attached hydrogens (primary N) is 1. The van der Waals surface area contributed by atoms with Crippen molar-refractivity contribution in [1.29, 1.82) is 0 Å². The van der Waals surface area contributed by atoms with Gasteiger partial charge in [-0.25, -0.2) is 9.59 Å². The molecule has 0 saturated carbocycles. The van der Waals surface area contributed by atoms with Crippen molar-refractivity contribution in [2.24, 2.45) is 0 Å². The number of carbonyl (C=O) groups excluding carboxylic acids is 3. The van der Waals surface area contributed by atoms with E-state index in [1.165, 1.54) is 47.2 Å². The number of phenols is 1. The summed E-state index contributed by atoms with van der Waals surface area (Å²) in [7, 11) is 0. The zero-order chi connectivity index (χ0) is 36.3. The second-order valence-electron chi connectivity index (χ2n) is 11.7. The molecule has 17 heteroatoms. The molecule has 50 heavy (non-hydrogen) atoms. The van der Waals surface area contributed by atoms with E-state index < -0.39 is 84.8 Å². The zero-order valence-corrected chi connectivity index (χ0v) is 25.9. The van der Waals surface area contributed by atoms with Gasteiger partial charge in [-0.15, -0.1) is 0 Å². The van der Waals surface area contributed by atoms with Crippen LogP contribution in [-0.4, -0.2) is 110 Å². The van der Waals surface area contributed by atoms with Crippen molar-refractivity contribution in [3.05, 3.63) is 77.0 Å². The molecule has 7 atom stereocenters. The Morgan fingerprint density at radius 3 is 2.38 bits per heavy atom. The van der Waals surface area contributed by atoms with E-state index in [9.17, 15) is 60.0 Å². The van der Waals surface area contributed by atoms with Crippen LogP contribution in [0.3, 0.4) is 0 Å². The first-order chi connectivity index (χ1) is 23.7. The quantitative estimate of drug-likeness (QED) is 0.0773. The van der Waals surface area contributed by atoms with E-state index in [0.717, 1.165) is 17.5 Å². The Morgan fingerprint density at radius 2 is 1.72 bits per heavy atom. The topological polar surface area (TPSA) is 286 Å². The molecule has 264 valence electrons. The maximum absolute atomic E-state index is 13.1. The van der Waals surface area contributed by atoms with Gasteiger partial charge in [-0.1, -0.05) is 17.9 Å². The molecule has 17 nitrogen and oxygen atoms in total. The molecule has 0 amide bonds. The molecule has 1 fully saturated rings. The molecule has 0 aromatic heterocycles. The number of quaternary nitrogens is 1. The van der Waals surface area contributed by atoms with Gasteiger partial charge in [0.2, 0.25) is 23.7 Å². The molecule has 1 saturated heterocycles. The fraction of sp³-hybridized carbons (Fsp3) is 0.303. The van der Waals surface area contributed by atoms with Crippen LogP contribution in [0.15, 0.2) is 65.9 Å². The largest absolute Gasteiger partial charge is 0.870 e. The lowest BCUT2D eigenvalue weighted by molar-refractivity contribution is -0.636. The maximum Gasteiger partial charge on any atom is 0.390 e. The van der Waals surface area contributed by atoms with Crippen LogP contribution in [0.1, 0.15) is 17.5 Å². The third-order valence-corrected chi connectivity index (χ3v) is 8.23. The number of benzene rings is 2. The second-order valence-corrected chi connectivity index (χ2v) is 11.7. The lowest BCUT2D eigenvalue weighted by atomic mass is 9.99. The van der Waals surface area contributed by atoms with Gasteiger partial charge in [0.25, 0.3) is 0 Å². The minimum absolute atomic E-state index is 0.0346. The Hall–Kier alpha value is -5.59. The van der Waals surface area contributed by atoms with E-state index in [-0.39, 0.29) is 41.1 Å². The van der Waals surface area contributed by atoms with E-state index in [0.29, 0.717) is 5.56 Å². The monoisotopic (exact) mass is 695 g/mol. The summed E-state index contributed by atoms with van der Waals surface area (Å²) in [4.78, 5) is 47.2. The van der Waals surface area contributed by atoms with Crippen molar-refractivity contribution in [2.45, 2.75) is 55.6 Å². The summed E-state index contributed by atoms with van der Waals surface area (Å²) in [6.07, 6.45) is -2.62. The van der Waals surface area contributed by atoms with Crippen LogP contribution >= 0.6 is 0 Å². The Balaban J connectivity index is 1.32. The van der Waals surface area contributed by atoms with Gasteiger partial charge in [0.15, 0.2) is 6.21 Å². The zero-order valence-electron chi connectivity index (χ0n) is 25.9. The van der Waals surface area contributed by atoms with Crippen molar-refractivity contribution in [2.75, 3.05) is 6.61 Å². The number of carbonyl (C=O) groups is 4. The van der Waals surface area contributed by atoms with E-state index in [2.05, 4.69) is 0 Å². The van der Waals surface area contributed by atoms with Gasteiger partial charge in [0.1, 0.15) is 54.5 Å². The molecule has 0 unspecified atom stereocenters. The molecule has 2 aromatic rings. The minimum Gasteiger partial charge on any atom is -0.870 e. The maximum atomic E-state index is 13.1. The summed E-state index contributed by atoms with van der Waals surface area (Å²) >= 11 is 0. The number of nitrogens with zero attached hydrogens (tertiary/aromatic N) is 1. The average Bonchev–Trinajstić information content (AvgIpc) is 3.43. The summed E-state index contributed by atoms with van der Waals surface area (Å²) in [5, 5.41) is 87.8. The molecule has 5 rings (SSSR count). The van der Waals surface area contributed by atoms with Crippen LogP contribution in [-0.2, 0) is 35.1 Å². The Bertz CT molecular complexity index is 1800. The predicted molar refractivity (Wildman–Crippen MR) is 159 cm³/mol. The fourth-order valence-corrected chi connectivity index (χ4v) is 5.59. The van der Waals surface area contributed by atoms with E-state index in [4.69, 9.17) is 14.2 Å². The van der Waals surface area contributed by atoms with Gasteiger partial charge in [-0.05, 0) is 35.4 Å². The summed E-state index contributed by atoms with van der Waals surface area (Å²) in [6, 6.07) is 5.60. The third kappa shape index (κ3) is 7.99. The van der Waals surface area contributed by atoms with Gasteiger partial charge in [0, 0.05) is 42.7 Å². The van der Waals surface area contributed by atoms with Crippen LogP contribution in [0.5, 0.6) is 17.2 Å². The number of ether oxygens (including phenoxy) is 3. The number of phenolic OH excluding ortho intramolecular Hbond substituents is 1. The molecule has 3 aliphatic rings. The highest BCUT2D eigenvalue weighted by atomic mass is 16.7. The second kappa shape index (κ2) is 14.9. The minimum atomic E-state index is -1.87. The smallest absolute Gasteiger partial charge is 0.390 e. The van der Waals surface area contributed by atoms with E-state index in [1.54, 1.807) is 12.1 Å². The SMILES string of the molecule is O=C(/C=C/c1ccc(O)cc1)OC[C@H]1O[C@@H](Oc2cc3c(cc2[O-])[N+](=C/C=C2/C=C(C(=O)O)[NH2+][C@H](C(=O)[O-])C2)[C@@H](C(=O)[O-])C3)[C@H](O)[C@@H](O)[C@@H]1O. The fourth-order valence-electron chi connectivity index (χ4n) is 5.59. The molecule has 3 heterocycles. The van der Waals surface area contributed by atoms with Crippen LogP contribution < -0.4 is 25.4 Å². The van der Waals surface area contributed by atoms with Gasteiger partial charge in [0.05, 0.1) is 5.97 Å². The van der Waals surface area contributed by atoms with Crippen LogP contribution in [0.2, 0.25) is 0 Å². The number of aliphatic carboxylic acids is 3. The van der Waals surface area contributed by atoms with Crippen molar-refractivity contribution < 1.29 is 84.1 Å². The van der Waals surface area contributed by atoms with Gasteiger partial charge in [-0.3, -0.25) is 0 Å². The highest BCUT2D eigenvalue weighted by Gasteiger charge is 2.46. The first kappa shape index (κ1) is 35.7. The Morgan fingerprint density at radius 1 is 1.00 bits per heavy atom. The van der Waals surface area contributed by atoms with Crippen molar-refractivity contribution in [1.82, 2.24) is 0 Å². The van der Waals surface area contributed by atoms with Crippen molar-refractivity contribution >= 4 is 41.9 Å². The van der Waals surface area contributed by atoms with E-state index in [1.807, 2.05) is 0 Å². The Kier molecular flexibility index (Phi) is 10.6. The van der Waals surface area contributed by atoms with Gasteiger partial charge < -0.3 is 70.0 Å². The molecule has 0 bridgehead atoms. The summed E-state index contributed by atoms with van der Waals surface area (Å²) < 4.78 is 17.4. The highest BCUT2D eigenvalue weighted by Crippen LogP contribution is 2.39. The number of hydrogen-bond acceptors (Lipinski definition) is 14. The number of aromatic hydroxyl groups is 1. The molecular weight excluding hydrogens is 664 g/mol. The van der Waals surface area contributed by atoms with Crippen LogP contribution in [0.4, 0.5) is 5.69 Å². The number of aliphatic hydroxyl groups is 3. The first-order valence-electron chi connectivity index (χ1n) is 15.1. The van der Waals surface area contributed by atoms with Gasteiger partial charge >= 0.3 is 11.9 Å². The summed E-state index contributed by atoms with van der Waals surface area (Å²) in [5.41, 5.74) is 0.935. The number of allylic oxidation sites excluding steroid dienone is 2. The summed E-state index contributed by atoms with van der Waals surface area (Å²) in [6.45, 7) is -0.587. The Labute approximate surface area is 282 Å². The number of rotatable bonds is 10. The number of aliphatic hydroxyl groups excluding tert-OH is 3. The molecule has 0 radical (unpaired) electrons. The average molecular weight is 696 g/mol. The lowest BCUT2D eigenvalue weighted by Crippen LogP contribution is -2.93. The normalized spacial score (nSPS) is 27.9. The highest BCUT2D eigenvalue weighted by molar-refractivity contribution is 5.87. The number of fused-ring (bicyclic) bond motifs is 1. The van der Waals surface area contributed by atoms with Crippen molar-refractivity contribution in [3.63, 3.8) is 0 Å². The molecule has 3 aliphatic heterocycles. The molecule has 0 aliphatic carbocycles. The lowest BCUT2D eigenvalue weighted by Gasteiger charge is -2.40. The number of esters is 1. The molecule has 7 N–H and O–H groups in total. The van der Waals surface area contributed by atoms with Crippen LogP contribution in [0, 0.1) is 0 Å². The molecule has 2 aromatic carbocycles. The van der Waals surface area contributed by atoms with E-state index >= 15 is 0 Å². The standard InChI is InChI=1S/C33H32N2O15/c36-18-4-1-15(2-5-18)3-6-26(38)48-14-25-27(39)28(40)29(41)33(50-25)49-24-12-17-11-22(32(46)47)35(21(17)13-23(24)37)8-7-16-9-19(30(42)43)34-20(10-16)31(44)45/h1-9,12-13,20,22,25,27-29,33,39-41H,10-11,14H2,(H5,36,37,38,42,43,44,45,46,47)/p-1/t20-,22+,25+,27+,28-,29+,33+/m0/s1.